The van der Waals surface area contributed by atoms with E-state index in [0.717, 1.165) is 24.4 Å². The average molecular weight is 287 g/mol. The number of benzene rings is 1. The van der Waals surface area contributed by atoms with Crippen molar-refractivity contribution in [2.45, 2.75) is 56.9 Å². The summed E-state index contributed by atoms with van der Waals surface area (Å²) >= 11 is 0. The zero-order valence-corrected chi connectivity index (χ0v) is 12.6. The van der Waals surface area contributed by atoms with Crippen LogP contribution < -0.4 is 0 Å². The number of hydrogen-bond donors (Lipinski definition) is 1. The van der Waals surface area contributed by atoms with E-state index in [9.17, 15) is 9.90 Å². The van der Waals surface area contributed by atoms with Gasteiger partial charge in [0.1, 0.15) is 0 Å². The smallest absolute Gasteiger partial charge is 0.335 e. The first-order valence-electron chi connectivity index (χ1n) is 8.32. The first-order chi connectivity index (χ1) is 10.3. The molecule has 3 heteroatoms. The zero-order valence-electron chi connectivity index (χ0n) is 12.6. The summed E-state index contributed by atoms with van der Waals surface area (Å²) in [6.45, 7) is 2.53. The van der Waals surface area contributed by atoms with Crippen LogP contribution >= 0.6 is 0 Å². The van der Waals surface area contributed by atoms with Gasteiger partial charge in [0.05, 0.1) is 5.56 Å². The Balaban J connectivity index is 1.64. The fourth-order valence-corrected chi connectivity index (χ4v) is 4.08. The summed E-state index contributed by atoms with van der Waals surface area (Å²) in [7, 11) is 0. The summed E-state index contributed by atoms with van der Waals surface area (Å²) in [5, 5.41) is 9.34. The molecule has 0 radical (unpaired) electrons. The lowest BCUT2D eigenvalue weighted by molar-refractivity contribution is 0.0694. The molecular weight excluding hydrogens is 262 g/mol. The van der Waals surface area contributed by atoms with Crippen molar-refractivity contribution in [3.63, 3.8) is 0 Å². The molecule has 0 bridgehead atoms. The molecule has 3 rings (SSSR count). The van der Waals surface area contributed by atoms with E-state index in [1.54, 1.807) is 6.07 Å². The molecule has 0 unspecified atom stereocenters. The normalized spacial score (nSPS) is 27.4. The van der Waals surface area contributed by atoms with Gasteiger partial charge in [-0.3, -0.25) is 0 Å². The molecule has 0 atom stereocenters. The van der Waals surface area contributed by atoms with Crippen molar-refractivity contribution < 1.29 is 9.90 Å². The summed E-state index contributed by atoms with van der Waals surface area (Å²) < 4.78 is 0. The van der Waals surface area contributed by atoms with E-state index in [-0.39, 0.29) is 0 Å². The second kappa shape index (κ2) is 6.61. The number of carboxylic acids is 1. The van der Waals surface area contributed by atoms with Gasteiger partial charge in [0, 0.05) is 6.04 Å². The van der Waals surface area contributed by atoms with E-state index in [0.29, 0.717) is 11.5 Å². The highest BCUT2D eigenvalue weighted by molar-refractivity contribution is 5.89. The Hall–Kier alpha value is -1.35. The zero-order chi connectivity index (χ0) is 14.7. The van der Waals surface area contributed by atoms with Crippen LogP contribution in [0.3, 0.4) is 0 Å². The first kappa shape index (κ1) is 14.6. The number of nitrogens with zero attached hydrogens (tertiary/aromatic N) is 1. The summed E-state index contributed by atoms with van der Waals surface area (Å²) in [5.41, 5.74) is 1.54. The minimum atomic E-state index is -0.788. The molecule has 114 valence electrons. The van der Waals surface area contributed by atoms with Gasteiger partial charge in [0.2, 0.25) is 0 Å². The van der Waals surface area contributed by atoms with Crippen molar-refractivity contribution in [1.29, 1.82) is 0 Å². The van der Waals surface area contributed by atoms with E-state index in [1.165, 1.54) is 45.2 Å². The lowest BCUT2D eigenvalue weighted by Gasteiger charge is -2.39. The Labute approximate surface area is 127 Å². The largest absolute Gasteiger partial charge is 0.478 e. The SMILES string of the molecule is O=C(O)c1ccccc1C1CCC(N2CCCCC2)CC1. The first-order valence-corrected chi connectivity index (χ1v) is 8.32. The Morgan fingerprint density at radius 1 is 1.00 bits per heavy atom. The van der Waals surface area contributed by atoms with Gasteiger partial charge >= 0.3 is 5.97 Å². The minimum Gasteiger partial charge on any atom is -0.478 e. The maximum Gasteiger partial charge on any atom is 0.335 e. The van der Waals surface area contributed by atoms with Crippen molar-refractivity contribution in [2.24, 2.45) is 0 Å². The molecule has 3 nitrogen and oxygen atoms in total. The molecule has 0 amide bonds. The van der Waals surface area contributed by atoms with Gasteiger partial charge in [-0.15, -0.1) is 0 Å². The van der Waals surface area contributed by atoms with Crippen molar-refractivity contribution in [3.05, 3.63) is 35.4 Å². The minimum absolute atomic E-state index is 0.429. The highest BCUT2D eigenvalue weighted by Crippen LogP contribution is 2.36. The van der Waals surface area contributed by atoms with Crippen LogP contribution in [0, 0.1) is 0 Å². The molecule has 1 saturated carbocycles. The molecule has 1 aliphatic carbocycles. The Morgan fingerprint density at radius 3 is 2.33 bits per heavy atom. The number of likely N-dealkylation sites (tertiary alicyclic amines) is 1. The second-order valence-electron chi connectivity index (χ2n) is 6.49. The van der Waals surface area contributed by atoms with Gasteiger partial charge in [-0.2, -0.15) is 0 Å². The third kappa shape index (κ3) is 3.29. The van der Waals surface area contributed by atoms with Gasteiger partial charge in [-0.25, -0.2) is 4.79 Å². The maximum absolute atomic E-state index is 11.4. The quantitative estimate of drug-likeness (QED) is 0.916. The monoisotopic (exact) mass is 287 g/mol. The Kier molecular flexibility index (Phi) is 4.59. The molecule has 1 aromatic rings. The molecule has 0 spiro atoms. The third-order valence-electron chi connectivity index (χ3n) is 5.23. The van der Waals surface area contributed by atoms with Crippen LogP contribution in [0.15, 0.2) is 24.3 Å². The topological polar surface area (TPSA) is 40.5 Å². The van der Waals surface area contributed by atoms with Gasteiger partial charge in [-0.05, 0) is 69.2 Å². The molecule has 2 fully saturated rings. The fourth-order valence-electron chi connectivity index (χ4n) is 4.08. The van der Waals surface area contributed by atoms with Gasteiger partial charge in [-0.1, -0.05) is 24.6 Å². The van der Waals surface area contributed by atoms with Crippen LogP contribution in [-0.2, 0) is 0 Å². The molecule has 1 saturated heterocycles. The summed E-state index contributed by atoms with van der Waals surface area (Å²) in [6.07, 6.45) is 8.79. The van der Waals surface area contributed by atoms with Gasteiger partial charge < -0.3 is 10.0 Å². The summed E-state index contributed by atoms with van der Waals surface area (Å²) in [4.78, 5) is 14.0. The highest BCUT2D eigenvalue weighted by Gasteiger charge is 2.28. The Bertz CT molecular complexity index is 486. The van der Waals surface area contributed by atoms with E-state index >= 15 is 0 Å². The van der Waals surface area contributed by atoms with Crippen LogP contribution in [0.25, 0.3) is 0 Å². The van der Waals surface area contributed by atoms with Crippen molar-refractivity contribution in [3.8, 4) is 0 Å². The predicted molar refractivity (Wildman–Crippen MR) is 83.8 cm³/mol. The lowest BCUT2D eigenvalue weighted by Crippen LogP contribution is -2.41. The second-order valence-corrected chi connectivity index (χ2v) is 6.49. The van der Waals surface area contributed by atoms with Crippen molar-refractivity contribution in [2.75, 3.05) is 13.1 Å². The third-order valence-corrected chi connectivity index (χ3v) is 5.23. The molecule has 1 heterocycles. The number of piperidine rings is 1. The number of carboxylic acid groups (broad SMARTS) is 1. The Morgan fingerprint density at radius 2 is 1.67 bits per heavy atom. The van der Waals surface area contributed by atoms with E-state index in [4.69, 9.17) is 0 Å². The molecule has 1 aliphatic heterocycles. The molecule has 1 aromatic carbocycles. The standard InChI is InChI=1S/C18H25NO2/c20-18(21)17-7-3-2-6-16(17)14-8-10-15(11-9-14)19-12-4-1-5-13-19/h2-3,6-7,14-15H,1,4-5,8-13H2,(H,20,21). The van der Waals surface area contributed by atoms with Crippen molar-refractivity contribution in [1.82, 2.24) is 4.90 Å². The van der Waals surface area contributed by atoms with Crippen LogP contribution in [0.2, 0.25) is 0 Å². The number of hydrogen-bond acceptors (Lipinski definition) is 2. The van der Waals surface area contributed by atoms with Gasteiger partial charge in [0.25, 0.3) is 0 Å². The van der Waals surface area contributed by atoms with Crippen LogP contribution in [-0.4, -0.2) is 35.1 Å². The lowest BCUT2D eigenvalue weighted by atomic mass is 9.79. The van der Waals surface area contributed by atoms with Crippen LogP contribution in [0.5, 0.6) is 0 Å². The summed E-state index contributed by atoms with van der Waals surface area (Å²) in [5.74, 6) is -0.359. The number of rotatable bonds is 3. The molecule has 1 N–H and O–H groups in total. The highest BCUT2D eigenvalue weighted by atomic mass is 16.4. The van der Waals surface area contributed by atoms with E-state index in [1.807, 2.05) is 18.2 Å². The summed E-state index contributed by atoms with van der Waals surface area (Å²) in [6, 6.07) is 8.28. The maximum atomic E-state index is 11.4. The van der Waals surface area contributed by atoms with Crippen LogP contribution in [0.1, 0.15) is 66.8 Å². The van der Waals surface area contributed by atoms with E-state index < -0.39 is 5.97 Å². The number of carbonyl (C=O) groups is 1. The van der Waals surface area contributed by atoms with Gasteiger partial charge in [0.15, 0.2) is 0 Å². The molecule has 21 heavy (non-hydrogen) atoms. The molecular formula is C18H25NO2. The fraction of sp³-hybridized carbons (Fsp3) is 0.611. The predicted octanol–water partition coefficient (Wildman–Crippen LogP) is 3.90. The van der Waals surface area contributed by atoms with Crippen LogP contribution in [0.4, 0.5) is 0 Å². The number of aromatic carboxylic acids is 1. The average Bonchev–Trinajstić information content (AvgIpc) is 2.56. The van der Waals surface area contributed by atoms with E-state index in [2.05, 4.69) is 4.90 Å². The molecule has 0 aromatic heterocycles. The molecule has 2 aliphatic rings. The van der Waals surface area contributed by atoms with Crippen molar-refractivity contribution >= 4 is 5.97 Å².